The van der Waals surface area contributed by atoms with Crippen LogP contribution < -0.4 is 5.56 Å². The Bertz CT molecular complexity index is 1100. The number of nitrogens with zero attached hydrogens (tertiary/aromatic N) is 4. The number of rotatable bonds is 7. The smallest absolute Gasteiger partial charge is 0.258 e. The SMILES string of the molecule is CCCN(Cc1nc2cc(Cl)ccc2c(=O)[nH]1)C(=O)CCc1nc(C(C)(C)C)no1. The number of carbonyl (C=O) groups is 1. The Hall–Kier alpha value is -2.74. The lowest BCUT2D eigenvalue weighted by molar-refractivity contribution is -0.132. The monoisotopic (exact) mass is 431 g/mol. The summed E-state index contributed by atoms with van der Waals surface area (Å²) in [6.07, 6.45) is 1.37. The van der Waals surface area contributed by atoms with Gasteiger partial charge in [-0.25, -0.2) is 4.98 Å². The molecule has 2 aromatic heterocycles. The molecular weight excluding hydrogens is 406 g/mol. The first-order valence-corrected chi connectivity index (χ1v) is 10.3. The summed E-state index contributed by atoms with van der Waals surface area (Å²) in [5.74, 6) is 1.41. The van der Waals surface area contributed by atoms with Gasteiger partial charge in [-0.2, -0.15) is 4.98 Å². The van der Waals surface area contributed by atoms with Gasteiger partial charge in [-0.05, 0) is 24.6 Å². The van der Waals surface area contributed by atoms with Crippen LogP contribution in [0.25, 0.3) is 10.9 Å². The minimum atomic E-state index is -0.254. The fraction of sp³-hybridized carbons (Fsp3) is 0.476. The van der Waals surface area contributed by atoms with E-state index in [1.54, 1.807) is 23.1 Å². The molecule has 1 aromatic carbocycles. The van der Waals surface area contributed by atoms with E-state index in [2.05, 4.69) is 20.1 Å². The molecule has 1 amide bonds. The zero-order chi connectivity index (χ0) is 21.9. The molecule has 0 saturated carbocycles. The molecular formula is C21H26ClN5O3. The number of amides is 1. The van der Waals surface area contributed by atoms with Gasteiger partial charge in [0.2, 0.25) is 11.8 Å². The second-order valence-corrected chi connectivity index (χ2v) is 8.69. The maximum Gasteiger partial charge on any atom is 0.258 e. The quantitative estimate of drug-likeness (QED) is 0.612. The van der Waals surface area contributed by atoms with Crippen molar-refractivity contribution in [1.82, 2.24) is 25.0 Å². The number of carbonyl (C=O) groups excluding carboxylic acids is 1. The summed E-state index contributed by atoms with van der Waals surface area (Å²) < 4.78 is 5.27. The van der Waals surface area contributed by atoms with Gasteiger partial charge in [0.1, 0.15) is 5.82 Å². The minimum Gasteiger partial charge on any atom is -0.339 e. The Kier molecular flexibility index (Phi) is 6.55. The third-order valence-electron chi connectivity index (χ3n) is 4.60. The van der Waals surface area contributed by atoms with Gasteiger partial charge in [0.05, 0.1) is 17.4 Å². The average Bonchev–Trinajstić information content (AvgIpc) is 3.15. The Morgan fingerprint density at radius 1 is 1.27 bits per heavy atom. The van der Waals surface area contributed by atoms with E-state index in [0.717, 1.165) is 6.42 Å². The molecule has 1 N–H and O–H groups in total. The molecule has 0 fully saturated rings. The van der Waals surface area contributed by atoms with Crippen molar-refractivity contribution in [3.8, 4) is 0 Å². The summed E-state index contributed by atoms with van der Waals surface area (Å²) >= 11 is 6.02. The van der Waals surface area contributed by atoms with Crippen molar-refractivity contribution in [3.63, 3.8) is 0 Å². The second-order valence-electron chi connectivity index (χ2n) is 8.25. The summed E-state index contributed by atoms with van der Waals surface area (Å²) in [5.41, 5.74) is 0.0399. The van der Waals surface area contributed by atoms with E-state index in [9.17, 15) is 9.59 Å². The molecule has 30 heavy (non-hydrogen) atoms. The van der Waals surface area contributed by atoms with Crippen molar-refractivity contribution in [1.29, 1.82) is 0 Å². The van der Waals surface area contributed by atoms with Crippen LogP contribution in [0.15, 0.2) is 27.5 Å². The van der Waals surface area contributed by atoms with Gasteiger partial charge in [0.25, 0.3) is 5.56 Å². The summed E-state index contributed by atoms with van der Waals surface area (Å²) in [6.45, 7) is 8.75. The summed E-state index contributed by atoms with van der Waals surface area (Å²) in [7, 11) is 0. The highest BCUT2D eigenvalue weighted by Crippen LogP contribution is 2.19. The number of hydrogen-bond acceptors (Lipinski definition) is 6. The topological polar surface area (TPSA) is 105 Å². The van der Waals surface area contributed by atoms with Crippen LogP contribution in [-0.4, -0.2) is 37.5 Å². The molecule has 0 saturated heterocycles. The second kappa shape index (κ2) is 8.95. The standard InChI is InChI=1S/C21H26ClN5O3/c1-5-10-27(18(28)9-8-17-25-20(26-30-17)21(2,3)4)12-16-23-15-11-13(22)6-7-14(15)19(29)24-16/h6-7,11H,5,8-10,12H2,1-4H3,(H,23,24,29). The molecule has 0 bridgehead atoms. The van der Waals surface area contributed by atoms with Gasteiger partial charge < -0.3 is 14.4 Å². The molecule has 0 atom stereocenters. The van der Waals surface area contributed by atoms with E-state index in [4.69, 9.17) is 16.1 Å². The molecule has 0 unspecified atom stereocenters. The Labute approximate surface area is 179 Å². The van der Waals surface area contributed by atoms with Crippen molar-refractivity contribution in [2.24, 2.45) is 0 Å². The lowest BCUT2D eigenvalue weighted by atomic mass is 9.96. The average molecular weight is 432 g/mol. The largest absolute Gasteiger partial charge is 0.339 e. The van der Waals surface area contributed by atoms with Gasteiger partial charge in [-0.15, -0.1) is 0 Å². The van der Waals surface area contributed by atoms with Crippen molar-refractivity contribution in [2.45, 2.75) is 58.9 Å². The molecule has 0 aliphatic carbocycles. The highest BCUT2D eigenvalue weighted by molar-refractivity contribution is 6.31. The maximum atomic E-state index is 12.8. The van der Waals surface area contributed by atoms with Crippen LogP contribution in [0.4, 0.5) is 0 Å². The zero-order valence-corrected chi connectivity index (χ0v) is 18.4. The molecule has 160 valence electrons. The molecule has 9 heteroatoms. The maximum absolute atomic E-state index is 12.8. The molecule has 3 rings (SSSR count). The van der Waals surface area contributed by atoms with Crippen molar-refractivity contribution >= 4 is 28.4 Å². The van der Waals surface area contributed by atoms with E-state index in [-0.39, 0.29) is 29.8 Å². The predicted molar refractivity (Wildman–Crippen MR) is 114 cm³/mol. The molecule has 8 nitrogen and oxygen atoms in total. The van der Waals surface area contributed by atoms with Gasteiger partial charge in [0, 0.05) is 29.8 Å². The third-order valence-corrected chi connectivity index (χ3v) is 4.83. The highest BCUT2D eigenvalue weighted by Gasteiger charge is 2.22. The number of nitrogens with one attached hydrogen (secondary N) is 1. The van der Waals surface area contributed by atoms with Crippen LogP contribution in [0.2, 0.25) is 5.02 Å². The van der Waals surface area contributed by atoms with Crippen molar-refractivity contribution in [3.05, 3.63) is 51.1 Å². The highest BCUT2D eigenvalue weighted by atomic mass is 35.5. The van der Waals surface area contributed by atoms with Crippen molar-refractivity contribution < 1.29 is 9.32 Å². The van der Waals surface area contributed by atoms with Crippen LogP contribution >= 0.6 is 11.6 Å². The Morgan fingerprint density at radius 2 is 2.03 bits per heavy atom. The molecule has 2 heterocycles. The summed E-state index contributed by atoms with van der Waals surface area (Å²) in [4.78, 5) is 38.4. The van der Waals surface area contributed by atoms with Crippen LogP contribution in [0.5, 0.6) is 0 Å². The number of H-pyrrole nitrogens is 1. The number of halogens is 1. The van der Waals surface area contributed by atoms with Gasteiger partial charge in [0.15, 0.2) is 5.82 Å². The number of fused-ring (bicyclic) bond motifs is 1. The van der Waals surface area contributed by atoms with E-state index < -0.39 is 0 Å². The van der Waals surface area contributed by atoms with Crippen molar-refractivity contribution in [2.75, 3.05) is 6.54 Å². The van der Waals surface area contributed by atoms with Crippen LogP contribution in [0.1, 0.15) is 58.1 Å². The first-order valence-electron chi connectivity index (χ1n) is 9.96. The van der Waals surface area contributed by atoms with E-state index >= 15 is 0 Å². The van der Waals surface area contributed by atoms with E-state index in [0.29, 0.717) is 46.4 Å². The normalized spacial score (nSPS) is 11.8. The Morgan fingerprint density at radius 3 is 2.70 bits per heavy atom. The van der Waals surface area contributed by atoms with Gasteiger partial charge >= 0.3 is 0 Å². The third kappa shape index (κ3) is 5.24. The lowest BCUT2D eigenvalue weighted by Crippen LogP contribution is -2.33. The van der Waals surface area contributed by atoms with Crippen LogP contribution in [0, 0.1) is 0 Å². The predicted octanol–water partition coefficient (Wildman–Crippen LogP) is 3.63. The minimum absolute atomic E-state index is 0.0683. The number of aromatic amines is 1. The van der Waals surface area contributed by atoms with Crippen LogP contribution in [0.3, 0.4) is 0 Å². The van der Waals surface area contributed by atoms with Gasteiger partial charge in [-0.3, -0.25) is 9.59 Å². The molecule has 0 spiro atoms. The fourth-order valence-electron chi connectivity index (χ4n) is 3.01. The number of aryl methyl sites for hydroxylation is 1. The molecule has 0 aliphatic rings. The summed E-state index contributed by atoms with van der Waals surface area (Å²) in [5, 5.41) is 4.95. The molecule has 3 aromatic rings. The molecule has 0 aliphatic heterocycles. The van der Waals surface area contributed by atoms with E-state index in [1.165, 1.54) is 0 Å². The zero-order valence-electron chi connectivity index (χ0n) is 17.7. The number of aromatic nitrogens is 4. The van der Waals surface area contributed by atoms with Crippen LogP contribution in [-0.2, 0) is 23.2 Å². The summed E-state index contributed by atoms with van der Waals surface area (Å²) in [6, 6.07) is 4.93. The Balaban J connectivity index is 1.72. The number of hydrogen-bond donors (Lipinski definition) is 1. The first kappa shape index (κ1) is 22.0. The van der Waals surface area contributed by atoms with Gasteiger partial charge in [-0.1, -0.05) is 44.5 Å². The lowest BCUT2D eigenvalue weighted by Gasteiger charge is -2.21. The number of benzene rings is 1. The van der Waals surface area contributed by atoms with E-state index in [1.807, 2.05) is 27.7 Å². The fourth-order valence-corrected chi connectivity index (χ4v) is 3.18. The first-order chi connectivity index (χ1) is 14.2. The molecule has 0 radical (unpaired) electrons.